The van der Waals surface area contributed by atoms with Crippen molar-refractivity contribution in [1.29, 1.82) is 0 Å². The summed E-state index contributed by atoms with van der Waals surface area (Å²) < 4.78 is 0. The fourth-order valence-electron chi connectivity index (χ4n) is 2.45. The Morgan fingerprint density at radius 1 is 1.10 bits per heavy atom. The fourth-order valence-corrected chi connectivity index (χ4v) is 2.58. The van der Waals surface area contributed by atoms with Gasteiger partial charge in [-0.2, -0.15) is 0 Å². The van der Waals surface area contributed by atoms with Gasteiger partial charge in [0.1, 0.15) is 0 Å². The summed E-state index contributed by atoms with van der Waals surface area (Å²) in [4.78, 5) is 3.20. The van der Waals surface area contributed by atoms with Crippen molar-refractivity contribution in [1.82, 2.24) is 10.3 Å². The highest BCUT2D eigenvalue weighted by Gasteiger charge is 2.07. The van der Waals surface area contributed by atoms with Crippen LogP contribution in [0.2, 0.25) is 5.02 Å². The lowest BCUT2D eigenvalue weighted by atomic mass is 10.1. The van der Waals surface area contributed by atoms with Crippen LogP contribution in [-0.2, 0) is 6.54 Å². The van der Waals surface area contributed by atoms with Crippen LogP contribution in [0, 0.1) is 0 Å². The van der Waals surface area contributed by atoms with Crippen molar-refractivity contribution in [2.24, 2.45) is 0 Å². The molecule has 3 aromatic rings. The molecule has 0 amide bonds. The largest absolute Gasteiger partial charge is 0.387 e. The third-order valence-corrected chi connectivity index (χ3v) is 3.85. The van der Waals surface area contributed by atoms with Gasteiger partial charge in [-0.1, -0.05) is 35.9 Å². The second-order valence-corrected chi connectivity index (χ2v) is 5.49. The van der Waals surface area contributed by atoms with Crippen LogP contribution in [0.15, 0.2) is 54.7 Å². The SMILES string of the molecule is OC(CNCc1cccc2[nH]ccc12)c1ccc(Cl)cc1. The zero-order valence-electron chi connectivity index (χ0n) is 11.5. The Morgan fingerprint density at radius 3 is 2.71 bits per heavy atom. The normalized spacial score (nSPS) is 12.7. The molecule has 0 radical (unpaired) electrons. The van der Waals surface area contributed by atoms with Crippen molar-refractivity contribution < 1.29 is 5.11 Å². The van der Waals surface area contributed by atoms with E-state index in [4.69, 9.17) is 11.6 Å². The van der Waals surface area contributed by atoms with E-state index in [9.17, 15) is 5.11 Å². The van der Waals surface area contributed by atoms with Gasteiger partial charge >= 0.3 is 0 Å². The van der Waals surface area contributed by atoms with Crippen LogP contribution in [0.4, 0.5) is 0 Å². The summed E-state index contributed by atoms with van der Waals surface area (Å²) in [5.74, 6) is 0. The molecule has 1 atom stereocenters. The van der Waals surface area contributed by atoms with E-state index in [1.54, 1.807) is 12.1 Å². The first-order valence-electron chi connectivity index (χ1n) is 6.93. The maximum absolute atomic E-state index is 10.2. The van der Waals surface area contributed by atoms with E-state index in [1.807, 2.05) is 24.4 Å². The molecular weight excluding hydrogens is 284 g/mol. The molecule has 0 saturated heterocycles. The monoisotopic (exact) mass is 300 g/mol. The lowest BCUT2D eigenvalue weighted by Crippen LogP contribution is -2.21. The first kappa shape index (κ1) is 14.1. The molecule has 0 fully saturated rings. The number of benzene rings is 2. The number of aromatic amines is 1. The van der Waals surface area contributed by atoms with Crippen LogP contribution in [0.5, 0.6) is 0 Å². The maximum Gasteiger partial charge on any atom is 0.0914 e. The van der Waals surface area contributed by atoms with Crippen molar-refractivity contribution in [2.75, 3.05) is 6.54 Å². The summed E-state index contributed by atoms with van der Waals surface area (Å²) in [6.45, 7) is 1.22. The molecule has 4 heteroatoms. The summed E-state index contributed by atoms with van der Waals surface area (Å²) in [5, 5.41) is 15.3. The predicted molar refractivity (Wildman–Crippen MR) is 86.4 cm³/mol. The average Bonchev–Trinajstić information content (AvgIpc) is 2.97. The van der Waals surface area contributed by atoms with E-state index < -0.39 is 6.10 Å². The minimum atomic E-state index is -0.535. The van der Waals surface area contributed by atoms with E-state index in [0.717, 1.165) is 17.6 Å². The van der Waals surface area contributed by atoms with Crippen molar-refractivity contribution in [3.8, 4) is 0 Å². The molecule has 3 rings (SSSR count). The van der Waals surface area contributed by atoms with E-state index in [0.29, 0.717) is 11.6 Å². The number of aliphatic hydroxyl groups excluding tert-OH is 1. The molecule has 21 heavy (non-hydrogen) atoms. The van der Waals surface area contributed by atoms with E-state index in [-0.39, 0.29) is 0 Å². The van der Waals surface area contributed by atoms with E-state index in [1.165, 1.54) is 10.9 Å². The van der Waals surface area contributed by atoms with Gasteiger partial charge in [0, 0.05) is 35.2 Å². The van der Waals surface area contributed by atoms with Gasteiger partial charge in [0.25, 0.3) is 0 Å². The number of hydrogen-bond donors (Lipinski definition) is 3. The van der Waals surface area contributed by atoms with Crippen LogP contribution in [0.25, 0.3) is 10.9 Å². The molecule has 0 aliphatic carbocycles. The first-order chi connectivity index (χ1) is 10.2. The minimum absolute atomic E-state index is 0.502. The quantitative estimate of drug-likeness (QED) is 0.673. The Bertz CT molecular complexity index is 721. The molecule has 0 spiro atoms. The summed E-state index contributed by atoms with van der Waals surface area (Å²) in [5.41, 5.74) is 3.22. The molecular formula is C17H17ClN2O. The zero-order valence-corrected chi connectivity index (χ0v) is 12.3. The number of fused-ring (bicyclic) bond motifs is 1. The van der Waals surface area contributed by atoms with Crippen LogP contribution in [0.3, 0.4) is 0 Å². The van der Waals surface area contributed by atoms with Gasteiger partial charge in [-0.25, -0.2) is 0 Å². The molecule has 1 heterocycles. The van der Waals surface area contributed by atoms with Crippen LogP contribution in [0.1, 0.15) is 17.2 Å². The van der Waals surface area contributed by atoms with Gasteiger partial charge in [-0.15, -0.1) is 0 Å². The second-order valence-electron chi connectivity index (χ2n) is 5.05. The first-order valence-corrected chi connectivity index (χ1v) is 7.31. The second kappa shape index (κ2) is 6.31. The van der Waals surface area contributed by atoms with E-state index in [2.05, 4.69) is 28.5 Å². The summed E-state index contributed by atoms with van der Waals surface area (Å²) in [6, 6.07) is 15.5. The van der Waals surface area contributed by atoms with Crippen molar-refractivity contribution >= 4 is 22.5 Å². The Kier molecular flexibility index (Phi) is 4.25. The standard InChI is InChI=1S/C17H17ClN2O/c18-14-6-4-12(5-7-14)17(21)11-19-10-13-2-1-3-16-15(13)8-9-20-16/h1-9,17,19-21H,10-11H2. The Hall–Kier alpha value is -1.81. The molecule has 0 aliphatic rings. The lowest BCUT2D eigenvalue weighted by molar-refractivity contribution is 0.174. The lowest BCUT2D eigenvalue weighted by Gasteiger charge is -2.13. The van der Waals surface area contributed by atoms with Crippen LogP contribution < -0.4 is 5.32 Å². The maximum atomic E-state index is 10.2. The smallest absolute Gasteiger partial charge is 0.0914 e. The molecule has 1 unspecified atom stereocenters. The number of rotatable bonds is 5. The van der Waals surface area contributed by atoms with Gasteiger partial charge in [-0.05, 0) is 35.4 Å². The van der Waals surface area contributed by atoms with Gasteiger partial charge in [0.05, 0.1) is 6.10 Å². The summed E-state index contributed by atoms with van der Waals surface area (Å²) in [6.07, 6.45) is 1.41. The minimum Gasteiger partial charge on any atom is -0.387 e. The predicted octanol–water partition coefficient (Wildman–Crippen LogP) is 3.64. The van der Waals surface area contributed by atoms with Crippen LogP contribution >= 0.6 is 11.6 Å². The third-order valence-electron chi connectivity index (χ3n) is 3.59. The summed E-state index contributed by atoms with van der Waals surface area (Å²) >= 11 is 5.85. The molecule has 0 saturated carbocycles. The molecule has 3 nitrogen and oxygen atoms in total. The highest BCUT2D eigenvalue weighted by atomic mass is 35.5. The molecule has 0 aliphatic heterocycles. The fraction of sp³-hybridized carbons (Fsp3) is 0.176. The van der Waals surface area contributed by atoms with Gasteiger partial charge < -0.3 is 15.4 Å². The molecule has 2 aromatic carbocycles. The third kappa shape index (κ3) is 3.27. The van der Waals surface area contributed by atoms with Crippen LogP contribution in [-0.4, -0.2) is 16.6 Å². The number of hydrogen-bond acceptors (Lipinski definition) is 2. The molecule has 0 bridgehead atoms. The molecule has 1 aromatic heterocycles. The van der Waals surface area contributed by atoms with Crippen molar-refractivity contribution in [3.05, 3.63) is 70.9 Å². The number of nitrogens with one attached hydrogen (secondary N) is 2. The number of halogens is 1. The van der Waals surface area contributed by atoms with Gasteiger partial charge in [0.15, 0.2) is 0 Å². The zero-order chi connectivity index (χ0) is 14.7. The Morgan fingerprint density at radius 2 is 1.90 bits per heavy atom. The summed E-state index contributed by atoms with van der Waals surface area (Å²) in [7, 11) is 0. The Labute approximate surface area is 128 Å². The van der Waals surface area contributed by atoms with E-state index >= 15 is 0 Å². The highest BCUT2D eigenvalue weighted by Crippen LogP contribution is 2.18. The van der Waals surface area contributed by atoms with Crippen molar-refractivity contribution in [2.45, 2.75) is 12.6 Å². The molecule has 108 valence electrons. The average molecular weight is 301 g/mol. The molecule has 3 N–H and O–H groups in total. The van der Waals surface area contributed by atoms with Gasteiger partial charge in [0.2, 0.25) is 0 Å². The number of H-pyrrole nitrogens is 1. The number of aliphatic hydroxyl groups is 1. The highest BCUT2D eigenvalue weighted by molar-refractivity contribution is 6.30. The van der Waals surface area contributed by atoms with Crippen molar-refractivity contribution in [3.63, 3.8) is 0 Å². The Balaban J connectivity index is 1.61. The van der Waals surface area contributed by atoms with Gasteiger partial charge in [-0.3, -0.25) is 0 Å². The number of aromatic nitrogens is 1. The topological polar surface area (TPSA) is 48.0 Å².